The molecule has 0 aliphatic carbocycles. The van der Waals surface area contributed by atoms with Gasteiger partial charge in [0, 0.05) is 42.9 Å². The molecule has 0 bridgehead atoms. The van der Waals surface area contributed by atoms with Crippen molar-refractivity contribution in [2.24, 2.45) is 0 Å². The Morgan fingerprint density at radius 3 is 2.16 bits per heavy atom. The highest BCUT2D eigenvalue weighted by atomic mass is 16.6. The van der Waals surface area contributed by atoms with Crippen LogP contribution in [0.25, 0.3) is 15.9 Å². The summed E-state index contributed by atoms with van der Waals surface area (Å²) in [5, 5.41) is 2.96. The molecule has 14 nitrogen and oxygen atoms in total. The number of rotatable bonds is 13. The Hall–Kier alpha value is -7.66. The first-order valence-corrected chi connectivity index (χ1v) is 20.5. The van der Waals surface area contributed by atoms with E-state index in [0.717, 1.165) is 5.56 Å². The van der Waals surface area contributed by atoms with Crippen molar-refractivity contribution in [2.45, 2.75) is 65.0 Å². The van der Waals surface area contributed by atoms with Crippen LogP contribution in [0.4, 0.5) is 21.9 Å². The van der Waals surface area contributed by atoms with E-state index in [1.165, 1.54) is 24.1 Å². The first kappa shape index (κ1) is 43.4. The molecule has 0 spiro atoms. The molecule has 1 aromatic heterocycles. The van der Waals surface area contributed by atoms with Gasteiger partial charge in [0.1, 0.15) is 42.2 Å². The number of aromatic nitrogens is 2. The molecule has 6 aromatic rings. The maximum atomic E-state index is 14.5. The Labute approximate surface area is 365 Å². The van der Waals surface area contributed by atoms with Gasteiger partial charge in [-0.3, -0.25) is 9.59 Å². The molecule has 1 fully saturated rings. The van der Waals surface area contributed by atoms with Crippen LogP contribution in [-0.4, -0.2) is 70.2 Å². The van der Waals surface area contributed by atoms with Gasteiger partial charge in [0.05, 0.1) is 36.8 Å². The summed E-state index contributed by atoms with van der Waals surface area (Å²) in [6, 6.07) is 35.3. The number of ether oxygens (including phenoxy) is 4. The molecule has 0 radical (unpaired) electrons. The highest BCUT2D eigenvalue weighted by molar-refractivity contribution is 6.06. The molecule has 0 unspecified atom stereocenters. The number of benzene rings is 5. The standard InChI is InChI=1S/C49H48N6O8/c1-49(2,3)63-48(59)53-27-25-41(26-28-53)62-40-22-18-38(19-23-40)54(46(57)34-11-13-35(14-12-34)47(58)60-5)30-44-52-42-29-37(50-4)17-24-43(42)55(44)31-45(56)51-36-15-20-39(21-16-36)61-32-33-9-7-6-8-10-33/h6-24,29,41H,25-28,30-32H2,1-3,5H3,(H,51,56). The zero-order valence-electron chi connectivity index (χ0n) is 35.6. The molecule has 3 amide bonds. The average molecular weight is 849 g/mol. The van der Waals surface area contributed by atoms with Crippen LogP contribution in [-0.2, 0) is 34.0 Å². The van der Waals surface area contributed by atoms with Gasteiger partial charge < -0.3 is 38.6 Å². The van der Waals surface area contributed by atoms with Crippen molar-refractivity contribution < 1.29 is 38.1 Å². The molecule has 322 valence electrons. The van der Waals surface area contributed by atoms with Crippen molar-refractivity contribution in [3.8, 4) is 11.5 Å². The van der Waals surface area contributed by atoms with Gasteiger partial charge in [-0.15, -0.1) is 0 Å². The monoisotopic (exact) mass is 848 g/mol. The minimum absolute atomic E-state index is 0.0658. The minimum Gasteiger partial charge on any atom is -0.490 e. The number of carbonyl (C=O) groups is 4. The quantitative estimate of drug-likeness (QED) is 0.0888. The van der Waals surface area contributed by atoms with Gasteiger partial charge in [0.2, 0.25) is 5.91 Å². The number of hydrogen-bond acceptors (Lipinski definition) is 9. The molecule has 1 aliphatic heterocycles. The normalized spacial score (nSPS) is 12.8. The lowest BCUT2D eigenvalue weighted by Crippen LogP contribution is -2.44. The summed E-state index contributed by atoms with van der Waals surface area (Å²) in [7, 11) is 1.29. The lowest BCUT2D eigenvalue weighted by Gasteiger charge is -2.33. The summed E-state index contributed by atoms with van der Waals surface area (Å²) >= 11 is 0. The van der Waals surface area contributed by atoms with Crippen molar-refractivity contribution in [3.63, 3.8) is 0 Å². The van der Waals surface area contributed by atoms with Gasteiger partial charge in [-0.2, -0.15) is 0 Å². The van der Waals surface area contributed by atoms with Gasteiger partial charge in [-0.25, -0.2) is 19.4 Å². The number of nitrogens with zero attached hydrogens (tertiary/aromatic N) is 5. The molecule has 0 saturated carbocycles. The van der Waals surface area contributed by atoms with Crippen molar-refractivity contribution in [2.75, 3.05) is 30.4 Å². The van der Waals surface area contributed by atoms with Crippen LogP contribution >= 0.6 is 0 Å². The number of fused-ring (bicyclic) bond motifs is 1. The Bertz CT molecular complexity index is 2610. The van der Waals surface area contributed by atoms with E-state index in [1.807, 2.05) is 51.1 Å². The molecular formula is C49H48N6O8. The van der Waals surface area contributed by atoms with Crippen LogP contribution in [0.5, 0.6) is 11.5 Å². The zero-order chi connectivity index (χ0) is 44.5. The number of imidazole rings is 1. The topological polar surface area (TPSA) is 146 Å². The van der Waals surface area contributed by atoms with E-state index >= 15 is 0 Å². The lowest BCUT2D eigenvalue weighted by molar-refractivity contribution is -0.116. The Balaban J connectivity index is 1.12. The summed E-state index contributed by atoms with van der Waals surface area (Å²) < 4.78 is 24.3. The maximum absolute atomic E-state index is 14.5. The lowest BCUT2D eigenvalue weighted by atomic mass is 10.1. The van der Waals surface area contributed by atoms with Gasteiger partial charge >= 0.3 is 12.1 Å². The third-order valence-corrected chi connectivity index (χ3v) is 10.3. The van der Waals surface area contributed by atoms with E-state index in [-0.39, 0.29) is 36.8 Å². The largest absolute Gasteiger partial charge is 0.490 e. The number of amides is 3. The summed E-state index contributed by atoms with van der Waals surface area (Å²) in [5.41, 5.74) is 3.60. The molecule has 1 saturated heterocycles. The number of hydrogen-bond donors (Lipinski definition) is 1. The number of carbonyl (C=O) groups excluding carboxylic acids is 4. The summed E-state index contributed by atoms with van der Waals surface area (Å²) in [4.78, 5) is 64.7. The number of likely N-dealkylation sites (tertiary alicyclic amines) is 1. The number of anilines is 2. The molecule has 0 atom stereocenters. The second-order valence-corrected chi connectivity index (χ2v) is 16.0. The van der Waals surface area contributed by atoms with Crippen LogP contribution in [0.15, 0.2) is 121 Å². The van der Waals surface area contributed by atoms with Gasteiger partial charge in [0.25, 0.3) is 5.91 Å². The number of esters is 1. The molecule has 63 heavy (non-hydrogen) atoms. The fourth-order valence-corrected chi connectivity index (χ4v) is 7.08. The van der Waals surface area contributed by atoms with E-state index in [1.54, 1.807) is 88.3 Å². The zero-order valence-corrected chi connectivity index (χ0v) is 35.6. The minimum atomic E-state index is -0.579. The Morgan fingerprint density at radius 2 is 1.51 bits per heavy atom. The first-order chi connectivity index (χ1) is 30.3. The molecule has 14 heteroatoms. The smallest absolute Gasteiger partial charge is 0.410 e. The van der Waals surface area contributed by atoms with Crippen LogP contribution in [0.3, 0.4) is 0 Å². The van der Waals surface area contributed by atoms with Crippen molar-refractivity contribution in [1.82, 2.24) is 14.5 Å². The highest BCUT2D eigenvalue weighted by Gasteiger charge is 2.28. The molecule has 5 aromatic carbocycles. The molecule has 7 rings (SSSR count). The third-order valence-electron chi connectivity index (χ3n) is 10.3. The second kappa shape index (κ2) is 19.4. The van der Waals surface area contributed by atoms with E-state index in [4.69, 9.17) is 30.5 Å². The van der Waals surface area contributed by atoms with Crippen molar-refractivity contribution in [3.05, 3.63) is 155 Å². The van der Waals surface area contributed by atoms with Crippen molar-refractivity contribution in [1.29, 1.82) is 0 Å². The summed E-state index contributed by atoms with van der Waals surface area (Å²) in [6.07, 6.45) is 0.783. The molecular weight excluding hydrogens is 801 g/mol. The fraction of sp³-hybridized carbons (Fsp3) is 0.265. The average Bonchev–Trinajstić information content (AvgIpc) is 3.63. The second-order valence-electron chi connectivity index (χ2n) is 16.0. The van der Waals surface area contributed by atoms with Crippen molar-refractivity contribution >= 4 is 52.0 Å². The van der Waals surface area contributed by atoms with E-state index in [0.29, 0.717) is 83.5 Å². The number of piperidine rings is 1. The van der Waals surface area contributed by atoms with E-state index < -0.39 is 17.5 Å². The highest BCUT2D eigenvalue weighted by Crippen LogP contribution is 2.29. The maximum Gasteiger partial charge on any atom is 0.410 e. The van der Waals surface area contributed by atoms with Gasteiger partial charge in [-0.05, 0) is 111 Å². The van der Waals surface area contributed by atoms with Gasteiger partial charge in [0.15, 0.2) is 5.69 Å². The Kier molecular flexibility index (Phi) is 13.4. The summed E-state index contributed by atoms with van der Waals surface area (Å²) in [5.74, 6) is 0.376. The van der Waals surface area contributed by atoms with Gasteiger partial charge in [-0.1, -0.05) is 36.4 Å². The SMILES string of the molecule is [C-]#[N+]c1ccc2c(c1)nc(CN(C(=O)c1ccc(C(=O)OC)cc1)c1ccc(OC3CCN(C(=O)OC(C)(C)C)CC3)cc1)n2CC(=O)Nc1ccc(OCc2ccccc2)cc1. The van der Waals surface area contributed by atoms with Crippen LogP contribution in [0.2, 0.25) is 0 Å². The number of nitrogens with one attached hydrogen (secondary N) is 1. The fourth-order valence-electron chi connectivity index (χ4n) is 7.08. The molecule has 1 N–H and O–H groups in total. The van der Waals surface area contributed by atoms with Crippen LogP contribution < -0.4 is 19.7 Å². The first-order valence-electron chi connectivity index (χ1n) is 20.5. The van der Waals surface area contributed by atoms with Crippen LogP contribution in [0.1, 0.15) is 65.7 Å². The summed E-state index contributed by atoms with van der Waals surface area (Å²) in [6.45, 7) is 14.3. The Morgan fingerprint density at radius 1 is 0.841 bits per heavy atom. The predicted octanol–water partition coefficient (Wildman–Crippen LogP) is 9.22. The van der Waals surface area contributed by atoms with E-state index in [9.17, 15) is 19.2 Å². The molecule has 2 heterocycles. The predicted molar refractivity (Wildman–Crippen MR) is 238 cm³/mol. The van der Waals surface area contributed by atoms with E-state index in [2.05, 4.69) is 10.2 Å². The van der Waals surface area contributed by atoms with Crippen LogP contribution in [0, 0.1) is 6.57 Å². The number of methoxy groups -OCH3 is 1. The third kappa shape index (κ3) is 11.2. The molecule has 1 aliphatic rings.